The molecule has 0 aliphatic carbocycles. The zero-order valence-electron chi connectivity index (χ0n) is 13.7. The number of carbonyl (C=O) groups excluding carboxylic acids is 2. The van der Waals surface area contributed by atoms with E-state index in [1.807, 2.05) is 18.2 Å². The van der Waals surface area contributed by atoms with Crippen molar-refractivity contribution >= 4 is 17.6 Å². The first-order valence-electron chi connectivity index (χ1n) is 7.92. The summed E-state index contributed by atoms with van der Waals surface area (Å²) in [5, 5.41) is 5.84. The highest BCUT2D eigenvalue weighted by Crippen LogP contribution is 2.15. The first kappa shape index (κ1) is 17.5. The highest BCUT2D eigenvalue weighted by Gasteiger charge is 2.11. The molecular weight excluding hydrogens is 304 g/mol. The zero-order chi connectivity index (χ0) is 17.2. The molecule has 0 aromatic heterocycles. The van der Waals surface area contributed by atoms with Crippen LogP contribution >= 0.6 is 0 Å². The van der Waals surface area contributed by atoms with Crippen molar-refractivity contribution in [2.45, 2.75) is 12.8 Å². The van der Waals surface area contributed by atoms with Gasteiger partial charge in [0.2, 0.25) is 5.91 Å². The number of rotatable bonds is 8. The Bertz CT molecular complexity index is 671. The van der Waals surface area contributed by atoms with E-state index in [1.54, 1.807) is 24.3 Å². The molecule has 0 radical (unpaired) electrons. The average molecular weight is 326 g/mol. The molecule has 2 aromatic carbocycles. The second-order valence-electron chi connectivity index (χ2n) is 5.33. The Morgan fingerprint density at radius 2 is 1.71 bits per heavy atom. The smallest absolute Gasteiger partial charge is 0.339 e. The Morgan fingerprint density at radius 3 is 2.46 bits per heavy atom. The van der Waals surface area contributed by atoms with Gasteiger partial charge in [-0.1, -0.05) is 42.5 Å². The van der Waals surface area contributed by atoms with Crippen molar-refractivity contribution < 1.29 is 14.3 Å². The average Bonchev–Trinajstić information content (AvgIpc) is 2.64. The molecule has 0 bridgehead atoms. The van der Waals surface area contributed by atoms with Crippen LogP contribution in [0.5, 0.6) is 0 Å². The maximum absolute atomic E-state index is 11.9. The largest absolute Gasteiger partial charge is 0.465 e. The van der Waals surface area contributed by atoms with Crippen molar-refractivity contribution in [3.8, 4) is 0 Å². The monoisotopic (exact) mass is 326 g/mol. The summed E-state index contributed by atoms with van der Waals surface area (Å²) in [5.41, 5.74) is 2.26. The molecule has 2 aromatic rings. The number of anilines is 1. The van der Waals surface area contributed by atoms with E-state index in [0.29, 0.717) is 17.8 Å². The number of carbonyl (C=O) groups is 2. The fourth-order valence-electron chi connectivity index (χ4n) is 2.33. The molecule has 24 heavy (non-hydrogen) atoms. The molecule has 5 nitrogen and oxygen atoms in total. The van der Waals surface area contributed by atoms with Crippen molar-refractivity contribution in [3.63, 3.8) is 0 Å². The summed E-state index contributed by atoms with van der Waals surface area (Å²) in [5.74, 6) is -0.538. The van der Waals surface area contributed by atoms with Crippen molar-refractivity contribution in [3.05, 3.63) is 65.7 Å². The van der Waals surface area contributed by atoms with Gasteiger partial charge in [-0.25, -0.2) is 4.79 Å². The lowest BCUT2D eigenvalue weighted by atomic mass is 10.1. The normalized spacial score (nSPS) is 10.0. The molecule has 5 heteroatoms. The molecule has 0 aliphatic rings. The molecule has 1 amide bonds. The fraction of sp³-hybridized carbons (Fsp3) is 0.263. The zero-order valence-corrected chi connectivity index (χ0v) is 13.7. The second-order valence-corrected chi connectivity index (χ2v) is 5.33. The minimum absolute atomic E-state index is 0.109. The number of aryl methyl sites for hydroxylation is 1. The molecule has 0 aliphatic heterocycles. The van der Waals surface area contributed by atoms with Gasteiger partial charge in [-0.15, -0.1) is 0 Å². The van der Waals surface area contributed by atoms with Gasteiger partial charge in [0, 0.05) is 12.2 Å². The van der Waals surface area contributed by atoms with E-state index in [4.69, 9.17) is 4.74 Å². The molecule has 0 saturated carbocycles. The second kappa shape index (κ2) is 9.35. The van der Waals surface area contributed by atoms with Gasteiger partial charge in [-0.3, -0.25) is 4.79 Å². The van der Waals surface area contributed by atoms with Gasteiger partial charge in [0.1, 0.15) is 0 Å². The Morgan fingerprint density at radius 1 is 1.00 bits per heavy atom. The topological polar surface area (TPSA) is 67.4 Å². The Labute approximate surface area is 142 Å². The summed E-state index contributed by atoms with van der Waals surface area (Å²) in [6, 6.07) is 17.1. The number of benzene rings is 2. The fourth-order valence-corrected chi connectivity index (χ4v) is 2.33. The van der Waals surface area contributed by atoms with Crippen LogP contribution in [0.2, 0.25) is 0 Å². The molecule has 2 N–H and O–H groups in total. The van der Waals surface area contributed by atoms with E-state index in [2.05, 4.69) is 22.8 Å². The van der Waals surface area contributed by atoms with E-state index < -0.39 is 5.97 Å². The van der Waals surface area contributed by atoms with Crippen LogP contribution in [-0.4, -0.2) is 32.1 Å². The van der Waals surface area contributed by atoms with Crippen molar-refractivity contribution in [2.75, 3.05) is 25.5 Å². The van der Waals surface area contributed by atoms with E-state index in [9.17, 15) is 9.59 Å². The number of esters is 1. The Hall–Kier alpha value is -2.82. The first-order valence-corrected chi connectivity index (χ1v) is 7.92. The molecule has 0 heterocycles. The third-order valence-electron chi connectivity index (χ3n) is 3.58. The lowest BCUT2D eigenvalue weighted by molar-refractivity contribution is -0.119. The lowest BCUT2D eigenvalue weighted by Gasteiger charge is -2.11. The predicted octanol–water partition coefficient (Wildman–Crippen LogP) is 2.63. The minimum atomic E-state index is -0.429. The van der Waals surface area contributed by atoms with E-state index in [0.717, 1.165) is 12.8 Å². The maximum Gasteiger partial charge on any atom is 0.339 e. The van der Waals surface area contributed by atoms with E-state index in [1.165, 1.54) is 12.7 Å². The third kappa shape index (κ3) is 5.43. The molecule has 0 unspecified atom stereocenters. The lowest BCUT2D eigenvalue weighted by Crippen LogP contribution is -2.31. The highest BCUT2D eigenvalue weighted by atomic mass is 16.5. The Kier molecular flexibility index (Phi) is 6.83. The number of para-hydroxylation sites is 1. The summed E-state index contributed by atoms with van der Waals surface area (Å²) in [4.78, 5) is 23.6. The van der Waals surface area contributed by atoms with Crippen LogP contribution in [0.4, 0.5) is 5.69 Å². The first-order chi connectivity index (χ1) is 11.7. The van der Waals surface area contributed by atoms with Crippen LogP contribution in [-0.2, 0) is 16.0 Å². The highest BCUT2D eigenvalue weighted by molar-refractivity contribution is 5.96. The number of ether oxygens (including phenoxy) is 1. The minimum Gasteiger partial charge on any atom is -0.465 e. The standard InChI is InChI=1S/C19H22N2O3/c1-24-19(23)16-11-5-6-12-17(16)21-14-18(22)20-13-7-10-15-8-3-2-4-9-15/h2-6,8-9,11-12,21H,7,10,13-14H2,1H3,(H,20,22). The summed E-state index contributed by atoms with van der Waals surface area (Å²) < 4.78 is 4.73. The van der Waals surface area contributed by atoms with Gasteiger partial charge >= 0.3 is 5.97 Å². The van der Waals surface area contributed by atoms with Crippen LogP contribution in [0.15, 0.2) is 54.6 Å². The summed E-state index contributed by atoms with van der Waals surface area (Å²) >= 11 is 0. The molecule has 126 valence electrons. The number of amides is 1. The predicted molar refractivity (Wildman–Crippen MR) is 94.0 cm³/mol. The van der Waals surface area contributed by atoms with E-state index in [-0.39, 0.29) is 12.5 Å². The number of methoxy groups -OCH3 is 1. The molecule has 0 fully saturated rings. The van der Waals surface area contributed by atoms with Crippen LogP contribution in [0.25, 0.3) is 0 Å². The van der Waals surface area contributed by atoms with Crippen molar-refractivity contribution in [2.24, 2.45) is 0 Å². The molecule has 0 saturated heterocycles. The number of hydrogen-bond acceptors (Lipinski definition) is 4. The van der Waals surface area contributed by atoms with Gasteiger partial charge in [-0.2, -0.15) is 0 Å². The Balaban J connectivity index is 1.73. The van der Waals surface area contributed by atoms with Gasteiger partial charge < -0.3 is 15.4 Å². The molecule has 0 spiro atoms. The van der Waals surface area contributed by atoms with Crippen molar-refractivity contribution in [1.29, 1.82) is 0 Å². The quantitative estimate of drug-likeness (QED) is 0.578. The SMILES string of the molecule is COC(=O)c1ccccc1NCC(=O)NCCCc1ccccc1. The molecule has 0 atom stereocenters. The van der Waals surface area contributed by atoms with Crippen LogP contribution < -0.4 is 10.6 Å². The third-order valence-corrected chi connectivity index (χ3v) is 3.58. The molecular formula is C19H22N2O3. The van der Waals surface area contributed by atoms with Crippen LogP contribution in [0, 0.1) is 0 Å². The number of nitrogens with one attached hydrogen (secondary N) is 2. The van der Waals surface area contributed by atoms with Gasteiger partial charge in [0.25, 0.3) is 0 Å². The van der Waals surface area contributed by atoms with Gasteiger partial charge in [-0.05, 0) is 30.5 Å². The van der Waals surface area contributed by atoms with E-state index >= 15 is 0 Å². The summed E-state index contributed by atoms with van der Waals surface area (Å²) in [6.07, 6.45) is 1.81. The van der Waals surface area contributed by atoms with Crippen LogP contribution in [0.1, 0.15) is 22.3 Å². The summed E-state index contributed by atoms with van der Waals surface area (Å²) in [7, 11) is 1.33. The van der Waals surface area contributed by atoms with Gasteiger partial charge in [0.05, 0.1) is 19.2 Å². The van der Waals surface area contributed by atoms with Crippen LogP contribution in [0.3, 0.4) is 0 Å². The molecule has 2 rings (SSSR count). The number of hydrogen-bond donors (Lipinski definition) is 2. The maximum atomic E-state index is 11.9. The van der Waals surface area contributed by atoms with Gasteiger partial charge in [0.15, 0.2) is 0 Å². The summed E-state index contributed by atoms with van der Waals surface area (Å²) in [6.45, 7) is 0.730. The van der Waals surface area contributed by atoms with Crippen molar-refractivity contribution in [1.82, 2.24) is 5.32 Å².